The summed E-state index contributed by atoms with van der Waals surface area (Å²) in [5.74, 6) is -0.0303. The molecule has 0 aliphatic heterocycles. The molecule has 0 radical (unpaired) electrons. The number of fused-ring (bicyclic) bond motifs is 1. The van der Waals surface area contributed by atoms with E-state index in [-0.39, 0.29) is 11.3 Å². The minimum absolute atomic E-state index is 0.0303. The van der Waals surface area contributed by atoms with Crippen molar-refractivity contribution < 1.29 is 23.0 Å². The summed E-state index contributed by atoms with van der Waals surface area (Å²) in [5.41, 5.74) is 0.541. The Morgan fingerprint density at radius 3 is 2.93 bits per heavy atom. The third-order valence-electron chi connectivity index (χ3n) is 1.54. The lowest BCUT2D eigenvalue weighted by atomic mass is 10.3. The molecule has 0 unspecified atom stereocenters. The minimum atomic E-state index is -2.98. The highest BCUT2D eigenvalue weighted by Gasteiger charge is 2.11. The summed E-state index contributed by atoms with van der Waals surface area (Å²) in [4.78, 5) is 3.61. The Morgan fingerprint density at radius 1 is 1.43 bits per heavy atom. The van der Waals surface area contributed by atoms with Crippen LogP contribution in [0, 0.1) is 0 Å². The highest BCUT2D eigenvalue weighted by molar-refractivity contribution is 5.74. The summed E-state index contributed by atoms with van der Waals surface area (Å²) < 4.78 is 32.2. The van der Waals surface area contributed by atoms with Crippen molar-refractivity contribution in [2.24, 2.45) is 0 Å². The number of phenols is 1. The van der Waals surface area contributed by atoms with Gasteiger partial charge < -0.3 is 14.3 Å². The lowest BCUT2D eigenvalue weighted by Crippen LogP contribution is -2.01. The van der Waals surface area contributed by atoms with Crippen molar-refractivity contribution in [1.29, 1.82) is 0 Å². The lowest BCUT2D eigenvalue weighted by Gasteiger charge is -1.94. The standard InChI is InChI=1S/C8H5F2NO3/c9-7(10)14-8-11-5-2-1-4(12)3-6(5)13-8/h1-3,7,12H. The zero-order chi connectivity index (χ0) is 10.1. The van der Waals surface area contributed by atoms with Gasteiger partial charge in [0.25, 0.3) is 0 Å². The number of rotatable bonds is 2. The normalized spacial score (nSPS) is 11.1. The molecule has 2 rings (SSSR count). The molecule has 1 aromatic heterocycles. The fourth-order valence-corrected chi connectivity index (χ4v) is 1.02. The number of halogens is 2. The molecule has 4 nitrogen and oxygen atoms in total. The van der Waals surface area contributed by atoms with E-state index in [0.717, 1.165) is 0 Å². The Hall–Kier alpha value is -1.85. The largest absolute Gasteiger partial charge is 0.508 e. The van der Waals surface area contributed by atoms with Gasteiger partial charge in [0.05, 0.1) is 0 Å². The molecule has 74 valence electrons. The summed E-state index contributed by atoms with van der Waals surface area (Å²) in [6.07, 6.45) is -0.513. The van der Waals surface area contributed by atoms with Gasteiger partial charge in [-0.25, -0.2) is 0 Å². The molecule has 6 heteroatoms. The van der Waals surface area contributed by atoms with Crippen LogP contribution in [0.2, 0.25) is 0 Å². The van der Waals surface area contributed by atoms with Gasteiger partial charge in [-0.3, -0.25) is 0 Å². The quantitative estimate of drug-likeness (QED) is 0.808. The first-order valence-electron chi connectivity index (χ1n) is 3.69. The molecule has 0 saturated heterocycles. The van der Waals surface area contributed by atoms with E-state index in [4.69, 9.17) is 9.52 Å². The molecule has 0 atom stereocenters. The molecule has 1 heterocycles. The number of phenolic OH excluding ortho intramolecular Hbond substituents is 1. The number of aromatic nitrogens is 1. The van der Waals surface area contributed by atoms with Gasteiger partial charge in [-0.1, -0.05) is 0 Å². The van der Waals surface area contributed by atoms with Crippen LogP contribution in [0.5, 0.6) is 11.8 Å². The lowest BCUT2D eigenvalue weighted by molar-refractivity contribution is -0.0664. The maximum atomic E-state index is 11.8. The van der Waals surface area contributed by atoms with Crippen LogP contribution < -0.4 is 4.74 Å². The van der Waals surface area contributed by atoms with Gasteiger partial charge in [0.1, 0.15) is 11.3 Å². The van der Waals surface area contributed by atoms with E-state index in [2.05, 4.69) is 9.72 Å². The Balaban J connectivity index is 2.41. The zero-order valence-corrected chi connectivity index (χ0v) is 6.78. The molecule has 0 amide bonds. The average molecular weight is 201 g/mol. The van der Waals surface area contributed by atoms with E-state index in [1.165, 1.54) is 18.2 Å². The van der Waals surface area contributed by atoms with E-state index in [1.54, 1.807) is 0 Å². The van der Waals surface area contributed by atoms with Crippen LogP contribution in [0.1, 0.15) is 0 Å². The predicted molar refractivity (Wildman–Crippen MR) is 42.3 cm³/mol. The SMILES string of the molecule is Oc1ccc2nc(OC(F)F)oc2c1. The third-order valence-corrected chi connectivity index (χ3v) is 1.54. The van der Waals surface area contributed by atoms with E-state index in [9.17, 15) is 8.78 Å². The number of ether oxygens (including phenoxy) is 1. The van der Waals surface area contributed by atoms with Gasteiger partial charge in [0.2, 0.25) is 0 Å². The molecule has 0 saturated carbocycles. The van der Waals surface area contributed by atoms with Crippen molar-refractivity contribution in [3.05, 3.63) is 18.2 Å². The van der Waals surface area contributed by atoms with Crippen LogP contribution in [-0.2, 0) is 0 Å². The molecule has 1 aromatic carbocycles. The predicted octanol–water partition coefficient (Wildman–Crippen LogP) is 2.13. The van der Waals surface area contributed by atoms with Crippen molar-refractivity contribution in [1.82, 2.24) is 4.98 Å². The number of alkyl halides is 2. The first-order chi connectivity index (χ1) is 6.65. The second kappa shape index (κ2) is 3.13. The third kappa shape index (κ3) is 1.59. The summed E-state index contributed by atoms with van der Waals surface area (Å²) in [7, 11) is 0. The van der Waals surface area contributed by atoms with Crippen LogP contribution >= 0.6 is 0 Å². The molecule has 2 aromatic rings. The van der Waals surface area contributed by atoms with Crippen molar-refractivity contribution in [3.8, 4) is 11.8 Å². The summed E-state index contributed by atoms with van der Waals surface area (Å²) in [5, 5.41) is 9.04. The van der Waals surface area contributed by atoms with E-state index in [1.807, 2.05) is 0 Å². The minimum Gasteiger partial charge on any atom is -0.508 e. The van der Waals surface area contributed by atoms with Crippen LogP contribution in [0.3, 0.4) is 0 Å². The highest BCUT2D eigenvalue weighted by atomic mass is 19.3. The van der Waals surface area contributed by atoms with Crippen molar-refractivity contribution >= 4 is 11.1 Å². The molecule has 0 fully saturated rings. The first kappa shape index (κ1) is 8.74. The summed E-state index contributed by atoms with van der Waals surface area (Å²) in [6.45, 7) is -2.98. The van der Waals surface area contributed by atoms with Crippen LogP contribution in [0.4, 0.5) is 8.78 Å². The molecule has 0 aliphatic carbocycles. The number of oxazole rings is 1. The van der Waals surface area contributed by atoms with E-state index in [0.29, 0.717) is 5.52 Å². The molecule has 14 heavy (non-hydrogen) atoms. The fraction of sp³-hybridized carbons (Fsp3) is 0.125. The van der Waals surface area contributed by atoms with Crippen LogP contribution in [0.25, 0.3) is 11.1 Å². The maximum Gasteiger partial charge on any atom is 0.399 e. The van der Waals surface area contributed by atoms with Crippen LogP contribution in [0.15, 0.2) is 22.6 Å². The monoisotopic (exact) mass is 201 g/mol. The Labute approximate surface area is 76.7 Å². The number of hydrogen-bond acceptors (Lipinski definition) is 4. The molecule has 0 bridgehead atoms. The first-order valence-corrected chi connectivity index (χ1v) is 3.69. The zero-order valence-electron chi connectivity index (χ0n) is 6.78. The van der Waals surface area contributed by atoms with Crippen molar-refractivity contribution in [3.63, 3.8) is 0 Å². The van der Waals surface area contributed by atoms with Crippen molar-refractivity contribution in [2.75, 3.05) is 0 Å². The number of benzene rings is 1. The molecular weight excluding hydrogens is 196 g/mol. The second-order valence-electron chi connectivity index (χ2n) is 2.51. The molecule has 0 aliphatic rings. The average Bonchev–Trinajstić information content (AvgIpc) is 2.44. The highest BCUT2D eigenvalue weighted by Crippen LogP contribution is 2.24. The van der Waals surface area contributed by atoms with Gasteiger partial charge in [0.15, 0.2) is 5.58 Å². The number of nitrogens with zero attached hydrogens (tertiary/aromatic N) is 1. The van der Waals surface area contributed by atoms with E-state index >= 15 is 0 Å². The van der Waals surface area contributed by atoms with Gasteiger partial charge in [-0.15, -0.1) is 0 Å². The Morgan fingerprint density at radius 2 is 2.21 bits per heavy atom. The molecular formula is C8H5F2NO3. The molecule has 1 N–H and O–H groups in total. The summed E-state index contributed by atoms with van der Waals surface area (Å²) in [6, 6.07) is 4.07. The summed E-state index contributed by atoms with van der Waals surface area (Å²) >= 11 is 0. The number of hydrogen-bond donors (Lipinski definition) is 1. The Kier molecular flexibility index (Phi) is 1.95. The van der Waals surface area contributed by atoms with Gasteiger partial charge in [-0.05, 0) is 12.1 Å². The van der Waals surface area contributed by atoms with Gasteiger partial charge >= 0.3 is 12.7 Å². The smallest absolute Gasteiger partial charge is 0.399 e. The van der Waals surface area contributed by atoms with Gasteiger partial charge in [-0.2, -0.15) is 13.8 Å². The van der Waals surface area contributed by atoms with Gasteiger partial charge in [0, 0.05) is 6.07 Å². The molecule has 0 spiro atoms. The van der Waals surface area contributed by atoms with E-state index < -0.39 is 12.7 Å². The van der Waals surface area contributed by atoms with Crippen LogP contribution in [-0.4, -0.2) is 16.7 Å². The second-order valence-corrected chi connectivity index (χ2v) is 2.51. The number of aromatic hydroxyl groups is 1. The van der Waals surface area contributed by atoms with Crippen molar-refractivity contribution in [2.45, 2.75) is 6.61 Å². The maximum absolute atomic E-state index is 11.8. The Bertz CT molecular complexity index is 455. The topological polar surface area (TPSA) is 55.5 Å². The fourth-order valence-electron chi connectivity index (χ4n) is 1.02.